The number of nitrogens with one attached hydrogen (secondary N) is 1. The van der Waals surface area contributed by atoms with Crippen LogP contribution in [0.2, 0.25) is 0 Å². The van der Waals surface area contributed by atoms with Gasteiger partial charge in [-0.3, -0.25) is 4.79 Å². The van der Waals surface area contributed by atoms with Gasteiger partial charge in [0.15, 0.2) is 0 Å². The molecule has 3 aromatic rings. The minimum atomic E-state index is -0.399. The normalized spacial score (nSPS) is 10.4. The van der Waals surface area contributed by atoms with Gasteiger partial charge in [0.05, 0.1) is 19.1 Å². The van der Waals surface area contributed by atoms with Crippen LogP contribution in [0.25, 0.3) is 10.8 Å². The molecule has 0 aliphatic heterocycles. The molecule has 0 fully saturated rings. The van der Waals surface area contributed by atoms with Crippen molar-refractivity contribution in [3.63, 3.8) is 0 Å². The van der Waals surface area contributed by atoms with Gasteiger partial charge in [0.25, 0.3) is 0 Å². The lowest BCUT2D eigenvalue weighted by Crippen LogP contribution is -2.14. The first-order valence-corrected chi connectivity index (χ1v) is 7.62. The minimum absolute atomic E-state index is 0.0998. The molecule has 0 spiro atoms. The lowest BCUT2D eigenvalue weighted by atomic mass is 10.0. The summed E-state index contributed by atoms with van der Waals surface area (Å²) in [6.07, 6.45) is 0.292. The number of amides is 1. The lowest BCUT2D eigenvalue weighted by Gasteiger charge is -2.08. The van der Waals surface area contributed by atoms with Gasteiger partial charge >= 0.3 is 5.97 Å². The van der Waals surface area contributed by atoms with Gasteiger partial charge in [-0.15, -0.1) is 0 Å². The molecule has 3 rings (SSSR count). The van der Waals surface area contributed by atoms with Crippen molar-refractivity contribution in [1.29, 1.82) is 0 Å². The summed E-state index contributed by atoms with van der Waals surface area (Å²) in [6, 6.07) is 20.6. The van der Waals surface area contributed by atoms with E-state index in [0.29, 0.717) is 17.7 Å². The van der Waals surface area contributed by atoms with E-state index in [2.05, 4.69) is 10.1 Å². The molecule has 0 heterocycles. The molecule has 0 aromatic heterocycles. The van der Waals surface area contributed by atoms with Crippen LogP contribution in [0.3, 0.4) is 0 Å². The highest BCUT2D eigenvalue weighted by molar-refractivity contribution is 5.96. The van der Waals surface area contributed by atoms with E-state index >= 15 is 0 Å². The average Bonchev–Trinajstić information content (AvgIpc) is 2.62. The number of rotatable bonds is 4. The lowest BCUT2D eigenvalue weighted by molar-refractivity contribution is -0.115. The number of fused-ring (bicyclic) bond motifs is 1. The van der Waals surface area contributed by atoms with E-state index in [1.807, 2.05) is 42.5 Å². The molecular weight excluding hydrogens is 302 g/mol. The first-order chi connectivity index (χ1) is 11.7. The second-order valence-corrected chi connectivity index (χ2v) is 5.43. The summed E-state index contributed by atoms with van der Waals surface area (Å²) < 4.78 is 4.65. The highest BCUT2D eigenvalue weighted by Crippen LogP contribution is 2.19. The maximum Gasteiger partial charge on any atom is 0.337 e. The van der Waals surface area contributed by atoms with Crippen molar-refractivity contribution in [2.45, 2.75) is 6.42 Å². The fraction of sp³-hybridized carbons (Fsp3) is 0.100. The van der Waals surface area contributed by atoms with Crippen molar-refractivity contribution in [1.82, 2.24) is 0 Å². The molecule has 120 valence electrons. The van der Waals surface area contributed by atoms with Gasteiger partial charge in [-0.1, -0.05) is 42.5 Å². The van der Waals surface area contributed by atoms with Crippen LogP contribution in [0.4, 0.5) is 5.69 Å². The van der Waals surface area contributed by atoms with Crippen LogP contribution in [0.5, 0.6) is 0 Å². The van der Waals surface area contributed by atoms with Gasteiger partial charge in [0, 0.05) is 5.69 Å². The Morgan fingerprint density at radius 3 is 2.38 bits per heavy atom. The molecule has 0 unspecified atom stereocenters. The number of carbonyl (C=O) groups excluding carboxylic acids is 2. The third-order valence-corrected chi connectivity index (χ3v) is 3.82. The van der Waals surface area contributed by atoms with Crippen LogP contribution in [0.1, 0.15) is 15.9 Å². The van der Waals surface area contributed by atoms with E-state index in [1.165, 1.54) is 7.11 Å². The maximum atomic E-state index is 12.3. The van der Waals surface area contributed by atoms with Crippen molar-refractivity contribution in [2.75, 3.05) is 12.4 Å². The van der Waals surface area contributed by atoms with Crippen LogP contribution in [-0.4, -0.2) is 19.0 Å². The average molecular weight is 319 g/mol. The van der Waals surface area contributed by atoms with Crippen LogP contribution in [0, 0.1) is 0 Å². The fourth-order valence-corrected chi connectivity index (χ4v) is 2.63. The SMILES string of the molecule is COC(=O)c1ccc(NC(=O)Cc2cccc3ccccc23)cc1. The second-order valence-electron chi connectivity index (χ2n) is 5.43. The molecule has 0 saturated carbocycles. The van der Waals surface area contributed by atoms with E-state index in [-0.39, 0.29) is 5.91 Å². The zero-order valence-corrected chi connectivity index (χ0v) is 13.3. The van der Waals surface area contributed by atoms with E-state index in [9.17, 15) is 9.59 Å². The predicted octanol–water partition coefficient (Wildman–Crippen LogP) is 3.81. The van der Waals surface area contributed by atoms with Gasteiger partial charge < -0.3 is 10.1 Å². The van der Waals surface area contributed by atoms with E-state index in [4.69, 9.17) is 0 Å². The quantitative estimate of drug-likeness (QED) is 0.744. The molecule has 0 aliphatic carbocycles. The highest BCUT2D eigenvalue weighted by atomic mass is 16.5. The van der Waals surface area contributed by atoms with Crippen molar-refractivity contribution in [3.8, 4) is 0 Å². The first kappa shape index (κ1) is 15.7. The number of hydrogen-bond donors (Lipinski definition) is 1. The number of benzene rings is 3. The Morgan fingerprint density at radius 2 is 1.62 bits per heavy atom. The summed E-state index contributed by atoms with van der Waals surface area (Å²) in [5.41, 5.74) is 2.08. The van der Waals surface area contributed by atoms with E-state index in [1.54, 1.807) is 24.3 Å². The van der Waals surface area contributed by atoms with Crippen LogP contribution in [0.15, 0.2) is 66.7 Å². The molecule has 0 aliphatic rings. The fourth-order valence-electron chi connectivity index (χ4n) is 2.63. The third-order valence-electron chi connectivity index (χ3n) is 3.82. The molecule has 0 bridgehead atoms. The molecule has 24 heavy (non-hydrogen) atoms. The third kappa shape index (κ3) is 3.43. The van der Waals surface area contributed by atoms with Crippen molar-refractivity contribution < 1.29 is 14.3 Å². The monoisotopic (exact) mass is 319 g/mol. The molecule has 0 radical (unpaired) electrons. The van der Waals surface area contributed by atoms with Gasteiger partial charge in [0.2, 0.25) is 5.91 Å². The minimum Gasteiger partial charge on any atom is -0.465 e. The van der Waals surface area contributed by atoms with Gasteiger partial charge in [0.1, 0.15) is 0 Å². The summed E-state index contributed by atoms with van der Waals surface area (Å²) in [6.45, 7) is 0. The summed E-state index contributed by atoms with van der Waals surface area (Å²) in [4.78, 5) is 23.7. The molecule has 4 heteroatoms. The van der Waals surface area contributed by atoms with Crippen molar-refractivity contribution in [2.24, 2.45) is 0 Å². The van der Waals surface area contributed by atoms with E-state index < -0.39 is 5.97 Å². The number of esters is 1. The van der Waals surface area contributed by atoms with E-state index in [0.717, 1.165) is 16.3 Å². The van der Waals surface area contributed by atoms with Crippen LogP contribution < -0.4 is 5.32 Å². The van der Waals surface area contributed by atoms with Gasteiger partial charge in [-0.25, -0.2) is 4.79 Å². The summed E-state index contributed by atoms with van der Waals surface area (Å²) in [5, 5.41) is 5.04. The van der Waals surface area contributed by atoms with Crippen LogP contribution >= 0.6 is 0 Å². The molecular formula is C20H17NO3. The summed E-state index contributed by atoms with van der Waals surface area (Å²) in [5.74, 6) is -0.499. The van der Waals surface area contributed by atoms with Crippen molar-refractivity contribution in [3.05, 3.63) is 77.9 Å². The first-order valence-electron chi connectivity index (χ1n) is 7.62. The topological polar surface area (TPSA) is 55.4 Å². The molecule has 1 amide bonds. The molecule has 4 nitrogen and oxygen atoms in total. The standard InChI is InChI=1S/C20H17NO3/c1-24-20(23)15-9-11-17(12-10-15)21-19(22)13-16-7-4-6-14-5-2-3-8-18(14)16/h2-12H,13H2,1H3,(H,21,22). The molecule has 1 N–H and O–H groups in total. The Kier molecular flexibility index (Phi) is 4.57. The molecule has 0 saturated heterocycles. The number of hydrogen-bond acceptors (Lipinski definition) is 3. The Bertz CT molecular complexity index is 880. The highest BCUT2D eigenvalue weighted by Gasteiger charge is 2.09. The molecule has 0 atom stereocenters. The zero-order valence-electron chi connectivity index (χ0n) is 13.3. The van der Waals surface area contributed by atoms with Gasteiger partial charge in [-0.2, -0.15) is 0 Å². The zero-order chi connectivity index (χ0) is 16.9. The Balaban J connectivity index is 1.72. The Labute approximate surface area is 140 Å². The smallest absolute Gasteiger partial charge is 0.337 e. The maximum absolute atomic E-state index is 12.3. The van der Waals surface area contributed by atoms with Gasteiger partial charge in [-0.05, 0) is 40.6 Å². The Morgan fingerprint density at radius 1 is 0.917 bits per heavy atom. The molecule has 3 aromatic carbocycles. The largest absolute Gasteiger partial charge is 0.465 e. The number of methoxy groups -OCH3 is 1. The number of ether oxygens (including phenoxy) is 1. The predicted molar refractivity (Wildman–Crippen MR) is 94.1 cm³/mol. The number of carbonyl (C=O) groups is 2. The number of anilines is 1. The van der Waals surface area contributed by atoms with Crippen LogP contribution in [-0.2, 0) is 16.0 Å². The second kappa shape index (κ2) is 6.96. The Hall–Kier alpha value is -3.14. The summed E-state index contributed by atoms with van der Waals surface area (Å²) in [7, 11) is 1.34. The summed E-state index contributed by atoms with van der Waals surface area (Å²) >= 11 is 0. The van der Waals surface area contributed by atoms with Crippen molar-refractivity contribution >= 4 is 28.3 Å².